The molecular weight excluding hydrogens is 596 g/mol. The van der Waals surface area contributed by atoms with Crippen LogP contribution in [0.3, 0.4) is 0 Å². The maximum absolute atomic E-state index is 14.1. The Hall–Kier alpha value is -4.21. The Balaban J connectivity index is 1.55. The molecule has 3 heterocycles. The number of benzene rings is 3. The second kappa shape index (κ2) is 10.4. The monoisotopic (exact) mass is 616 g/mol. The first-order valence-electron chi connectivity index (χ1n) is 12.5. The minimum Gasteiger partial charge on any atom is -0.463 e. The fraction of sp³-hybridized carbons (Fsp3) is 0.133. The number of hydrazone groups is 1. The molecule has 4 aromatic rings. The number of fused-ring (bicyclic) bond motifs is 2. The van der Waals surface area contributed by atoms with E-state index in [1.807, 2.05) is 54.6 Å². The number of carbonyl (C=O) groups excluding carboxylic acids is 2. The van der Waals surface area contributed by atoms with Crippen molar-refractivity contribution in [2.45, 2.75) is 19.9 Å². The molecule has 0 N–H and O–H groups in total. The quantitative estimate of drug-likeness (QED) is 0.169. The fourth-order valence-corrected chi connectivity index (χ4v) is 5.33. The van der Waals surface area contributed by atoms with Crippen LogP contribution in [-0.4, -0.2) is 35.1 Å². The van der Waals surface area contributed by atoms with Crippen LogP contribution in [0.2, 0.25) is 5.02 Å². The number of furan rings is 1. The third-order valence-electron chi connectivity index (χ3n) is 6.60. The molecule has 10 heteroatoms. The lowest BCUT2D eigenvalue weighted by molar-refractivity contribution is -0.139. The van der Waals surface area contributed by atoms with Gasteiger partial charge in [-0.05, 0) is 67.9 Å². The van der Waals surface area contributed by atoms with Crippen LogP contribution in [-0.2, 0) is 9.53 Å². The predicted molar refractivity (Wildman–Crippen MR) is 157 cm³/mol. The highest BCUT2D eigenvalue weighted by molar-refractivity contribution is 9.10. The van der Waals surface area contributed by atoms with Gasteiger partial charge >= 0.3 is 5.97 Å². The zero-order valence-electron chi connectivity index (χ0n) is 21.5. The summed E-state index contributed by atoms with van der Waals surface area (Å²) in [5.74, 6) is -0.449. The average Bonchev–Trinajstić information content (AvgIpc) is 3.54. The van der Waals surface area contributed by atoms with Crippen molar-refractivity contribution < 1.29 is 18.7 Å². The SMILES string of the molecule is CCOC(=O)C1=C(C)N=C2N(c3ccccc3)N=C(C(=O)c3cc4cc(Br)ccc4o3)N2C1c1ccc(Cl)cc1. The summed E-state index contributed by atoms with van der Waals surface area (Å²) in [7, 11) is 0. The summed E-state index contributed by atoms with van der Waals surface area (Å²) in [5, 5.41) is 7.66. The summed E-state index contributed by atoms with van der Waals surface area (Å²) in [4.78, 5) is 33.9. The van der Waals surface area contributed by atoms with Crippen molar-refractivity contribution in [1.82, 2.24) is 4.90 Å². The van der Waals surface area contributed by atoms with Crippen molar-refractivity contribution >= 4 is 67.7 Å². The number of halogens is 2. The highest BCUT2D eigenvalue weighted by atomic mass is 79.9. The smallest absolute Gasteiger partial charge is 0.338 e. The van der Waals surface area contributed by atoms with E-state index >= 15 is 0 Å². The fourth-order valence-electron chi connectivity index (χ4n) is 4.82. The number of esters is 1. The summed E-state index contributed by atoms with van der Waals surface area (Å²) < 4.78 is 12.3. The Kier molecular flexibility index (Phi) is 6.77. The predicted octanol–water partition coefficient (Wildman–Crippen LogP) is 7.12. The van der Waals surface area contributed by atoms with Gasteiger partial charge in [-0.25, -0.2) is 9.79 Å². The van der Waals surface area contributed by atoms with Crippen molar-refractivity contribution in [3.05, 3.63) is 111 Å². The number of carbonyl (C=O) groups is 2. The van der Waals surface area contributed by atoms with Gasteiger partial charge in [-0.1, -0.05) is 57.9 Å². The Morgan fingerprint density at radius 3 is 2.52 bits per heavy atom. The van der Waals surface area contributed by atoms with E-state index in [0.717, 1.165) is 9.86 Å². The number of aliphatic imine (C=N–C) groups is 1. The zero-order chi connectivity index (χ0) is 28.0. The number of Topliss-reactive ketones (excluding diaryl/α,β-unsaturated/α-hetero) is 1. The summed E-state index contributed by atoms with van der Waals surface area (Å²) in [6, 6.07) is 22.9. The van der Waals surface area contributed by atoms with E-state index in [1.54, 1.807) is 48.0 Å². The summed E-state index contributed by atoms with van der Waals surface area (Å²) in [5.41, 5.74) is 2.74. The van der Waals surface area contributed by atoms with E-state index in [9.17, 15) is 9.59 Å². The molecule has 1 atom stereocenters. The topological polar surface area (TPSA) is 87.7 Å². The largest absolute Gasteiger partial charge is 0.463 e. The van der Waals surface area contributed by atoms with Gasteiger partial charge in [0.25, 0.3) is 5.78 Å². The third kappa shape index (κ3) is 4.51. The maximum Gasteiger partial charge on any atom is 0.338 e. The number of hydrogen-bond donors (Lipinski definition) is 0. The molecule has 0 saturated heterocycles. The van der Waals surface area contributed by atoms with Gasteiger partial charge in [0.1, 0.15) is 5.58 Å². The molecule has 3 aromatic carbocycles. The van der Waals surface area contributed by atoms with Gasteiger partial charge in [-0.15, -0.1) is 5.10 Å². The van der Waals surface area contributed by atoms with E-state index in [0.29, 0.717) is 39.1 Å². The number of guanidine groups is 1. The van der Waals surface area contributed by atoms with E-state index in [4.69, 9.17) is 30.8 Å². The number of anilines is 1. The Bertz CT molecular complexity index is 1740. The Morgan fingerprint density at radius 1 is 1.05 bits per heavy atom. The van der Waals surface area contributed by atoms with Crippen molar-refractivity contribution in [2.24, 2.45) is 10.1 Å². The van der Waals surface area contributed by atoms with Gasteiger partial charge in [0.05, 0.1) is 29.6 Å². The number of amidine groups is 1. The van der Waals surface area contributed by atoms with Gasteiger partial charge in [0.2, 0.25) is 11.8 Å². The third-order valence-corrected chi connectivity index (χ3v) is 7.35. The van der Waals surface area contributed by atoms with E-state index in [1.165, 1.54) is 0 Å². The number of hydrogen-bond acceptors (Lipinski definition) is 8. The van der Waals surface area contributed by atoms with Crippen LogP contribution < -0.4 is 5.01 Å². The second-order valence-electron chi connectivity index (χ2n) is 9.15. The van der Waals surface area contributed by atoms with Crippen LogP contribution in [0.4, 0.5) is 5.69 Å². The average molecular weight is 618 g/mol. The van der Waals surface area contributed by atoms with Gasteiger partial charge in [0, 0.05) is 14.9 Å². The van der Waals surface area contributed by atoms with Crippen molar-refractivity contribution in [2.75, 3.05) is 11.6 Å². The van der Waals surface area contributed by atoms with Crippen LogP contribution in [0.5, 0.6) is 0 Å². The maximum atomic E-state index is 14.1. The first-order valence-corrected chi connectivity index (χ1v) is 13.7. The number of para-hydroxylation sites is 1. The number of ketones is 1. The molecule has 0 bridgehead atoms. The summed E-state index contributed by atoms with van der Waals surface area (Å²) in [6.45, 7) is 3.68. The lowest BCUT2D eigenvalue weighted by Crippen LogP contribution is -2.46. The molecule has 0 saturated carbocycles. The molecule has 2 aliphatic heterocycles. The van der Waals surface area contributed by atoms with E-state index < -0.39 is 17.8 Å². The molecule has 2 aliphatic rings. The number of rotatable bonds is 6. The zero-order valence-corrected chi connectivity index (χ0v) is 23.8. The summed E-state index contributed by atoms with van der Waals surface area (Å²) in [6.07, 6.45) is 0. The van der Waals surface area contributed by atoms with Gasteiger partial charge in [0.15, 0.2) is 5.76 Å². The van der Waals surface area contributed by atoms with Crippen LogP contribution in [0.1, 0.15) is 36.0 Å². The van der Waals surface area contributed by atoms with Gasteiger partial charge in [-0.3, -0.25) is 9.69 Å². The molecule has 0 amide bonds. The molecule has 0 aliphatic carbocycles. The first kappa shape index (κ1) is 26.0. The second-order valence-corrected chi connectivity index (χ2v) is 10.5. The molecule has 6 rings (SSSR count). The standard InChI is InChI=1S/C30H22BrClN4O4/c1-3-39-29(38)25-17(2)33-30-35(26(25)18-9-12-21(32)13-10-18)28(34-36(30)22-7-5-4-6-8-22)27(37)24-16-19-15-20(31)11-14-23(19)40-24/h4-16,26H,3H2,1-2H3. The molecule has 40 heavy (non-hydrogen) atoms. The minimum absolute atomic E-state index is 0.0509. The molecule has 200 valence electrons. The van der Waals surface area contributed by atoms with Gasteiger partial charge in [-0.2, -0.15) is 5.01 Å². The number of nitrogens with zero attached hydrogens (tertiary/aromatic N) is 4. The van der Waals surface area contributed by atoms with Crippen LogP contribution in [0, 0.1) is 0 Å². The van der Waals surface area contributed by atoms with Crippen molar-refractivity contribution in [1.29, 1.82) is 0 Å². The van der Waals surface area contributed by atoms with E-state index in [-0.39, 0.29) is 18.2 Å². The molecular formula is C30H22BrClN4O4. The molecule has 1 unspecified atom stereocenters. The molecule has 0 radical (unpaired) electrons. The van der Waals surface area contributed by atoms with Crippen molar-refractivity contribution in [3.8, 4) is 0 Å². The lowest BCUT2D eigenvalue weighted by atomic mass is 9.93. The normalized spacial score (nSPS) is 16.6. The van der Waals surface area contributed by atoms with E-state index in [2.05, 4.69) is 15.9 Å². The Morgan fingerprint density at radius 2 is 1.80 bits per heavy atom. The Labute approximate surface area is 243 Å². The lowest BCUT2D eigenvalue weighted by Gasteiger charge is -2.35. The molecule has 0 fully saturated rings. The van der Waals surface area contributed by atoms with Crippen LogP contribution in [0.15, 0.2) is 109 Å². The van der Waals surface area contributed by atoms with Crippen molar-refractivity contribution in [3.63, 3.8) is 0 Å². The summed E-state index contributed by atoms with van der Waals surface area (Å²) >= 11 is 9.67. The molecule has 8 nitrogen and oxygen atoms in total. The number of allylic oxidation sites excluding steroid dienone is 1. The minimum atomic E-state index is -0.765. The first-order chi connectivity index (χ1) is 19.4. The van der Waals surface area contributed by atoms with Gasteiger partial charge < -0.3 is 9.15 Å². The molecule has 0 spiro atoms. The van der Waals surface area contributed by atoms with Crippen LogP contribution >= 0.6 is 27.5 Å². The van der Waals surface area contributed by atoms with Crippen LogP contribution in [0.25, 0.3) is 11.0 Å². The highest BCUT2D eigenvalue weighted by Crippen LogP contribution is 2.41. The molecule has 1 aromatic heterocycles. The highest BCUT2D eigenvalue weighted by Gasteiger charge is 2.47. The number of ether oxygens (including phenoxy) is 1.